The molecule has 1 heterocycles. The van der Waals surface area contributed by atoms with E-state index in [0.29, 0.717) is 17.9 Å². The van der Waals surface area contributed by atoms with Crippen molar-refractivity contribution in [1.82, 2.24) is 0 Å². The lowest BCUT2D eigenvalue weighted by Gasteiger charge is -2.27. The van der Waals surface area contributed by atoms with Crippen molar-refractivity contribution >= 4 is 17.3 Å². The summed E-state index contributed by atoms with van der Waals surface area (Å²) in [6.07, 6.45) is 0.960. The van der Waals surface area contributed by atoms with E-state index in [1.165, 1.54) is 7.11 Å². The third-order valence-corrected chi connectivity index (χ3v) is 3.26. The van der Waals surface area contributed by atoms with Crippen LogP contribution in [0.5, 0.6) is 0 Å². The summed E-state index contributed by atoms with van der Waals surface area (Å²) in [4.78, 5) is 13.8. The Bertz CT molecular complexity index is 442. The Morgan fingerprint density at radius 1 is 1.56 bits per heavy atom. The topological polar surface area (TPSA) is 64.8 Å². The molecule has 2 rings (SSSR count). The second-order valence-electron chi connectivity index (χ2n) is 4.40. The maximum atomic E-state index is 11.8. The Morgan fingerprint density at radius 2 is 2.33 bits per heavy atom. The largest absolute Gasteiger partial charge is 0.465 e. The third-order valence-electron chi connectivity index (χ3n) is 3.26. The van der Waals surface area contributed by atoms with E-state index in [9.17, 15) is 4.79 Å². The van der Waals surface area contributed by atoms with E-state index in [1.54, 1.807) is 12.1 Å². The molecule has 0 amide bonds. The van der Waals surface area contributed by atoms with Crippen LogP contribution in [0.25, 0.3) is 0 Å². The Hall–Kier alpha value is -1.75. The number of benzene rings is 1. The van der Waals surface area contributed by atoms with Gasteiger partial charge < -0.3 is 20.1 Å². The van der Waals surface area contributed by atoms with Crippen LogP contribution in [0.3, 0.4) is 0 Å². The highest BCUT2D eigenvalue weighted by atomic mass is 16.5. The van der Waals surface area contributed by atoms with Crippen LogP contribution in [0.2, 0.25) is 0 Å². The third kappa shape index (κ3) is 2.41. The first-order valence-electron chi connectivity index (χ1n) is 5.92. The van der Waals surface area contributed by atoms with Gasteiger partial charge in [0.25, 0.3) is 0 Å². The molecule has 2 N–H and O–H groups in total. The number of nitrogens with zero attached hydrogens (tertiary/aromatic N) is 1. The molecule has 1 aliphatic heterocycles. The molecule has 1 saturated heterocycles. The lowest BCUT2D eigenvalue weighted by Crippen LogP contribution is -2.33. The number of hydrogen-bond acceptors (Lipinski definition) is 5. The van der Waals surface area contributed by atoms with Crippen molar-refractivity contribution in [3.8, 4) is 0 Å². The molecule has 0 saturated carbocycles. The Morgan fingerprint density at radius 3 is 2.94 bits per heavy atom. The summed E-state index contributed by atoms with van der Waals surface area (Å²) < 4.78 is 10.2. The molecule has 0 bridgehead atoms. The van der Waals surface area contributed by atoms with Crippen LogP contribution in [0.4, 0.5) is 11.4 Å². The monoisotopic (exact) mass is 250 g/mol. The normalized spacial score (nSPS) is 18.7. The fourth-order valence-corrected chi connectivity index (χ4v) is 2.16. The number of ether oxygens (including phenoxy) is 2. The number of anilines is 2. The highest BCUT2D eigenvalue weighted by Gasteiger charge is 2.24. The molecule has 5 heteroatoms. The van der Waals surface area contributed by atoms with E-state index in [2.05, 4.69) is 4.90 Å². The van der Waals surface area contributed by atoms with E-state index in [4.69, 9.17) is 15.2 Å². The molecule has 98 valence electrons. The van der Waals surface area contributed by atoms with E-state index in [-0.39, 0.29) is 12.0 Å². The quantitative estimate of drug-likeness (QED) is 0.646. The molecular weight excluding hydrogens is 232 g/mol. The maximum absolute atomic E-state index is 11.8. The van der Waals surface area contributed by atoms with Gasteiger partial charge in [-0.1, -0.05) is 0 Å². The smallest absolute Gasteiger partial charge is 0.340 e. The number of rotatable bonds is 3. The van der Waals surface area contributed by atoms with Crippen LogP contribution in [-0.2, 0) is 9.47 Å². The average Bonchev–Trinajstić information content (AvgIpc) is 2.90. The summed E-state index contributed by atoms with van der Waals surface area (Å²) in [5, 5.41) is 0. The fraction of sp³-hybridized carbons (Fsp3) is 0.462. The lowest BCUT2D eigenvalue weighted by molar-refractivity contribution is 0.0601. The molecule has 0 aromatic heterocycles. The summed E-state index contributed by atoms with van der Waals surface area (Å²) in [6.45, 7) is 1.44. The van der Waals surface area contributed by atoms with Crippen molar-refractivity contribution in [3.05, 3.63) is 23.8 Å². The minimum Gasteiger partial charge on any atom is -0.465 e. The van der Waals surface area contributed by atoms with Crippen molar-refractivity contribution in [2.24, 2.45) is 0 Å². The molecule has 5 nitrogen and oxygen atoms in total. The molecule has 1 atom stereocenters. The van der Waals surface area contributed by atoms with Gasteiger partial charge in [0.2, 0.25) is 0 Å². The summed E-state index contributed by atoms with van der Waals surface area (Å²) in [5.74, 6) is -0.372. The zero-order valence-corrected chi connectivity index (χ0v) is 10.7. The zero-order valence-electron chi connectivity index (χ0n) is 10.7. The molecule has 0 spiro atoms. The number of carbonyl (C=O) groups is 1. The first-order chi connectivity index (χ1) is 8.63. The van der Waals surface area contributed by atoms with Crippen LogP contribution >= 0.6 is 0 Å². The van der Waals surface area contributed by atoms with E-state index < -0.39 is 0 Å². The van der Waals surface area contributed by atoms with Crippen molar-refractivity contribution in [2.45, 2.75) is 12.5 Å². The summed E-state index contributed by atoms with van der Waals surface area (Å²) in [5.41, 5.74) is 7.59. The molecule has 1 aromatic rings. The molecule has 1 aliphatic rings. The van der Waals surface area contributed by atoms with Gasteiger partial charge in [-0.3, -0.25) is 0 Å². The first kappa shape index (κ1) is 12.7. The van der Waals surface area contributed by atoms with Crippen LogP contribution in [0.15, 0.2) is 18.2 Å². The predicted molar refractivity (Wildman–Crippen MR) is 69.8 cm³/mol. The highest BCUT2D eigenvalue weighted by molar-refractivity contribution is 5.97. The molecule has 0 radical (unpaired) electrons. The zero-order chi connectivity index (χ0) is 13.1. The van der Waals surface area contributed by atoms with Crippen LogP contribution < -0.4 is 10.6 Å². The standard InChI is InChI=1S/C13H18N2O3/c1-15(10-5-6-18-8-10)12-4-3-9(14)7-11(12)13(16)17-2/h3-4,7,10H,5-6,8,14H2,1-2H3. The van der Waals surface area contributed by atoms with Gasteiger partial charge in [0, 0.05) is 19.3 Å². The van der Waals surface area contributed by atoms with E-state index in [1.807, 2.05) is 13.1 Å². The number of esters is 1. The minimum absolute atomic E-state index is 0.289. The Labute approximate surface area is 106 Å². The second-order valence-corrected chi connectivity index (χ2v) is 4.40. The highest BCUT2D eigenvalue weighted by Crippen LogP contribution is 2.26. The van der Waals surface area contributed by atoms with Gasteiger partial charge in [-0.25, -0.2) is 4.79 Å². The predicted octanol–water partition coefficient (Wildman–Crippen LogP) is 1.28. The average molecular weight is 250 g/mol. The molecule has 18 heavy (non-hydrogen) atoms. The van der Waals surface area contributed by atoms with E-state index in [0.717, 1.165) is 18.7 Å². The minimum atomic E-state index is -0.372. The SMILES string of the molecule is COC(=O)c1cc(N)ccc1N(C)C1CCOC1. The lowest BCUT2D eigenvalue weighted by atomic mass is 10.1. The molecule has 0 aliphatic carbocycles. The van der Waals surface area contributed by atoms with Crippen LogP contribution in [0.1, 0.15) is 16.8 Å². The van der Waals surface area contributed by atoms with Gasteiger partial charge in [0.1, 0.15) is 0 Å². The van der Waals surface area contributed by atoms with Gasteiger partial charge in [-0.05, 0) is 24.6 Å². The number of carbonyl (C=O) groups excluding carboxylic acids is 1. The summed E-state index contributed by atoms with van der Waals surface area (Å²) >= 11 is 0. The van der Waals surface area contributed by atoms with Crippen molar-refractivity contribution in [3.63, 3.8) is 0 Å². The van der Waals surface area contributed by atoms with Crippen molar-refractivity contribution < 1.29 is 14.3 Å². The van der Waals surface area contributed by atoms with E-state index >= 15 is 0 Å². The van der Waals surface area contributed by atoms with Gasteiger partial charge in [-0.2, -0.15) is 0 Å². The number of likely N-dealkylation sites (N-methyl/N-ethyl adjacent to an activating group) is 1. The number of nitrogens with two attached hydrogens (primary N) is 1. The molecule has 1 unspecified atom stereocenters. The number of nitrogen functional groups attached to an aromatic ring is 1. The fourth-order valence-electron chi connectivity index (χ4n) is 2.16. The van der Waals surface area contributed by atoms with Crippen LogP contribution in [-0.4, -0.2) is 39.4 Å². The number of methoxy groups -OCH3 is 1. The number of hydrogen-bond donors (Lipinski definition) is 1. The van der Waals surface area contributed by atoms with Gasteiger partial charge >= 0.3 is 5.97 Å². The van der Waals surface area contributed by atoms with Crippen molar-refractivity contribution in [1.29, 1.82) is 0 Å². The van der Waals surface area contributed by atoms with Crippen molar-refractivity contribution in [2.75, 3.05) is 38.0 Å². The van der Waals surface area contributed by atoms with Gasteiger partial charge in [0.15, 0.2) is 0 Å². The molecule has 1 aromatic carbocycles. The summed E-state index contributed by atoms with van der Waals surface area (Å²) in [7, 11) is 3.32. The van der Waals surface area contributed by atoms with Gasteiger partial charge in [-0.15, -0.1) is 0 Å². The van der Waals surface area contributed by atoms with Gasteiger partial charge in [0.05, 0.1) is 31.0 Å². The Kier molecular flexibility index (Phi) is 3.72. The first-order valence-corrected chi connectivity index (χ1v) is 5.92. The summed E-state index contributed by atoms with van der Waals surface area (Å²) in [6, 6.07) is 5.57. The second kappa shape index (κ2) is 5.27. The molecule has 1 fully saturated rings. The Balaban J connectivity index is 2.33. The van der Waals surface area contributed by atoms with Crippen LogP contribution in [0, 0.1) is 0 Å². The maximum Gasteiger partial charge on any atom is 0.340 e. The molecular formula is C13H18N2O3.